The summed E-state index contributed by atoms with van der Waals surface area (Å²) in [6.45, 7) is 4.53. The summed E-state index contributed by atoms with van der Waals surface area (Å²) in [5.74, 6) is 0.0126. The molecule has 0 spiro atoms. The van der Waals surface area contributed by atoms with E-state index in [-0.39, 0.29) is 5.91 Å². The van der Waals surface area contributed by atoms with Crippen LogP contribution in [0, 0.1) is 13.8 Å². The minimum atomic E-state index is 0.0126. The summed E-state index contributed by atoms with van der Waals surface area (Å²) in [7, 11) is 2.01. The molecule has 0 aliphatic rings. The Kier molecular flexibility index (Phi) is 4.50. The molecule has 0 radical (unpaired) electrons. The van der Waals surface area contributed by atoms with Gasteiger partial charge in [0.1, 0.15) is 0 Å². The van der Waals surface area contributed by atoms with Crippen molar-refractivity contribution in [1.82, 2.24) is 9.88 Å². The molecule has 1 heterocycles. The summed E-state index contributed by atoms with van der Waals surface area (Å²) < 4.78 is 2.09. The van der Waals surface area contributed by atoms with Gasteiger partial charge in [-0.15, -0.1) is 0 Å². The molecule has 1 amide bonds. The molecule has 1 aromatic heterocycles. The number of nitrogens with zero attached hydrogens (tertiary/aromatic N) is 1. The standard InChI is InChI=1S/C16H19ClN2O/c1-11-8-14(12(2)19(11)3)9-16(20)18-10-13-6-4-5-7-15(13)17/h4-8H,9-10H2,1-3H3,(H,18,20). The van der Waals surface area contributed by atoms with Gasteiger partial charge in [-0.25, -0.2) is 0 Å². The molecule has 0 unspecified atom stereocenters. The van der Waals surface area contributed by atoms with E-state index < -0.39 is 0 Å². The van der Waals surface area contributed by atoms with Gasteiger partial charge in [0, 0.05) is 30.0 Å². The third-order valence-electron chi connectivity index (χ3n) is 3.66. The molecule has 0 fully saturated rings. The van der Waals surface area contributed by atoms with Crippen LogP contribution in [-0.4, -0.2) is 10.5 Å². The maximum Gasteiger partial charge on any atom is 0.224 e. The number of halogens is 1. The topological polar surface area (TPSA) is 34.0 Å². The number of carbonyl (C=O) groups excluding carboxylic acids is 1. The lowest BCUT2D eigenvalue weighted by Crippen LogP contribution is -2.24. The van der Waals surface area contributed by atoms with Gasteiger partial charge in [-0.05, 0) is 37.1 Å². The summed E-state index contributed by atoms with van der Waals surface area (Å²) in [4.78, 5) is 12.0. The van der Waals surface area contributed by atoms with Crippen molar-refractivity contribution in [2.75, 3.05) is 0 Å². The maximum atomic E-state index is 12.0. The van der Waals surface area contributed by atoms with Crippen LogP contribution in [0.3, 0.4) is 0 Å². The summed E-state index contributed by atoms with van der Waals surface area (Å²) >= 11 is 6.06. The highest BCUT2D eigenvalue weighted by Gasteiger charge is 2.10. The first kappa shape index (κ1) is 14.7. The monoisotopic (exact) mass is 290 g/mol. The van der Waals surface area contributed by atoms with Crippen molar-refractivity contribution < 1.29 is 4.79 Å². The van der Waals surface area contributed by atoms with Crippen LogP contribution < -0.4 is 5.32 Å². The van der Waals surface area contributed by atoms with Gasteiger partial charge < -0.3 is 9.88 Å². The third-order valence-corrected chi connectivity index (χ3v) is 4.03. The van der Waals surface area contributed by atoms with Crippen LogP contribution in [0.2, 0.25) is 5.02 Å². The number of carbonyl (C=O) groups is 1. The van der Waals surface area contributed by atoms with Gasteiger partial charge in [0.2, 0.25) is 5.91 Å². The number of aryl methyl sites for hydroxylation is 1. The number of aromatic nitrogens is 1. The quantitative estimate of drug-likeness (QED) is 0.922. The predicted molar refractivity (Wildman–Crippen MR) is 81.9 cm³/mol. The Morgan fingerprint density at radius 3 is 2.55 bits per heavy atom. The molecule has 0 atom stereocenters. The highest BCUT2D eigenvalue weighted by atomic mass is 35.5. The van der Waals surface area contributed by atoms with Gasteiger partial charge in [-0.2, -0.15) is 0 Å². The Labute approximate surface area is 124 Å². The predicted octanol–water partition coefficient (Wildman–Crippen LogP) is 3.15. The van der Waals surface area contributed by atoms with Crippen LogP contribution in [0.1, 0.15) is 22.5 Å². The minimum Gasteiger partial charge on any atom is -0.352 e. The van der Waals surface area contributed by atoms with Crippen LogP contribution in [0.4, 0.5) is 0 Å². The molecule has 1 aromatic carbocycles. The van der Waals surface area contributed by atoms with Crippen molar-refractivity contribution in [2.24, 2.45) is 7.05 Å². The summed E-state index contributed by atoms with van der Waals surface area (Å²) in [5.41, 5.74) is 4.30. The van der Waals surface area contributed by atoms with E-state index in [2.05, 4.69) is 16.0 Å². The summed E-state index contributed by atoms with van der Waals surface area (Å²) in [6, 6.07) is 9.60. The van der Waals surface area contributed by atoms with E-state index in [0.29, 0.717) is 18.0 Å². The van der Waals surface area contributed by atoms with Crippen molar-refractivity contribution in [2.45, 2.75) is 26.8 Å². The average molecular weight is 291 g/mol. The number of nitrogens with one attached hydrogen (secondary N) is 1. The molecule has 20 heavy (non-hydrogen) atoms. The smallest absolute Gasteiger partial charge is 0.224 e. The van der Waals surface area contributed by atoms with Gasteiger partial charge in [-0.1, -0.05) is 29.8 Å². The Hall–Kier alpha value is -1.74. The molecule has 3 nitrogen and oxygen atoms in total. The molecule has 0 saturated heterocycles. The van der Waals surface area contributed by atoms with Gasteiger partial charge >= 0.3 is 0 Å². The van der Waals surface area contributed by atoms with E-state index in [1.807, 2.05) is 45.2 Å². The molecule has 2 aromatic rings. The van der Waals surface area contributed by atoms with Gasteiger partial charge in [0.25, 0.3) is 0 Å². The lowest BCUT2D eigenvalue weighted by Gasteiger charge is -2.07. The first-order valence-electron chi connectivity index (χ1n) is 6.61. The van der Waals surface area contributed by atoms with Crippen LogP contribution >= 0.6 is 11.6 Å². The van der Waals surface area contributed by atoms with E-state index in [0.717, 1.165) is 22.5 Å². The number of hydrogen-bond donors (Lipinski definition) is 1. The molecule has 4 heteroatoms. The second kappa shape index (κ2) is 6.14. The van der Waals surface area contributed by atoms with Crippen LogP contribution in [0.15, 0.2) is 30.3 Å². The molecular weight excluding hydrogens is 272 g/mol. The van der Waals surface area contributed by atoms with Crippen LogP contribution in [0.5, 0.6) is 0 Å². The fourth-order valence-electron chi connectivity index (χ4n) is 2.18. The Morgan fingerprint density at radius 1 is 1.25 bits per heavy atom. The summed E-state index contributed by atoms with van der Waals surface area (Å²) in [5, 5.41) is 3.59. The first-order valence-corrected chi connectivity index (χ1v) is 6.98. The van der Waals surface area contributed by atoms with Gasteiger partial charge in [-0.3, -0.25) is 4.79 Å². The largest absolute Gasteiger partial charge is 0.352 e. The zero-order valence-corrected chi connectivity index (χ0v) is 12.8. The first-order chi connectivity index (χ1) is 9.49. The number of hydrogen-bond acceptors (Lipinski definition) is 1. The lowest BCUT2D eigenvalue weighted by molar-refractivity contribution is -0.120. The molecular formula is C16H19ClN2O. The fraction of sp³-hybridized carbons (Fsp3) is 0.312. The second-order valence-corrected chi connectivity index (χ2v) is 5.41. The van der Waals surface area contributed by atoms with Crippen molar-refractivity contribution in [3.8, 4) is 0 Å². The minimum absolute atomic E-state index is 0.0126. The molecule has 0 aliphatic heterocycles. The van der Waals surface area contributed by atoms with Crippen molar-refractivity contribution in [3.05, 3.63) is 57.9 Å². The average Bonchev–Trinajstić information content (AvgIpc) is 2.65. The molecule has 106 valence electrons. The highest BCUT2D eigenvalue weighted by Crippen LogP contribution is 2.15. The van der Waals surface area contributed by atoms with E-state index in [9.17, 15) is 4.79 Å². The van der Waals surface area contributed by atoms with Gasteiger partial charge in [0.05, 0.1) is 6.42 Å². The summed E-state index contributed by atoms with van der Waals surface area (Å²) in [6.07, 6.45) is 0.401. The zero-order chi connectivity index (χ0) is 14.7. The van der Waals surface area contributed by atoms with E-state index in [1.54, 1.807) is 0 Å². The van der Waals surface area contributed by atoms with E-state index >= 15 is 0 Å². The molecule has 1 N–H and O–H groups in total. The Balaban J connectivity index is 1.96. The highest BCUT2D eigenvalue weighted by molar-refractivity contribution is 6.31. The van der Waals surface area contributed by atoms with Gasteiger partial charge in [0.15, 0.2) is 0 Å². The third kappa shape index (κ3) is 3.23. The maximum absolute atomic E-state index is 12.0. The van der Waals surface area contributed by atoms with E-state index in [4.69, 9.17) is 11.6 Å². The normalized spacial score (nSPS) is 10.6. The van der Waals surface area contributed by atoms with Crippen molar-refractivity contribution in [3.63, 3.8) is 0 Å². The molecule has 0 bridgehead atoms. The number of benzene rings is 1. The van der Waals surface area contributed by atoms with Crippen LogP contribution in [-0.2, 0) is 24.8 Å². The molecule has 2 rings (SSSR count). The van der Waals surface area contributed by atoms with Crippen molar-refractivity contribution >= 4 is 17.5 Å². The van der Waals surface area contributed by atoms with Crippen LogP contribution in [0.25, 0.3) is 0 Å². The molecule has 0 aliphatic carbocycles. The van der Waals surface area contributed by atoms with E-state index in [1.165, 1.54) is 0 Å². The SMILES string of the molecule is Cc1cc(CC(=O)NCc2ccccc2Cl)c(C)n1C. The second-order valence-electron chi connectivity index (χ2n) is 5.00. The number of amides is 1. The number of rotatable bonds is 4. The Morgan fingerprint density at radius 2 is 1.95 bits per heavy atom. The fourth-order valence-corrected chi connectivity index (χ4v) is 2.39. The Bertz CT molecular complexity index is 631. The van der Waals surface area contributed by atoms with Crippen molar-refractivity contribution in [1.29, 1.82) is 0 Å². The lowest BCUT2D eigenvalue weighted by atomic mass is 10.1. The molecule has 0 saturated carbocycles. The zero-order valence-electron chi connectivity index (χ0n) is 12.0.